The zero-order chi connectivity index (χ0) is 23.4. The Balaban J connectivity index is 1.63. The van der Waals surface area contributed by atoms with Gasteiger partial charge in [0.2, 0.25) is 0 Å². The standard InChI is InChI=1S/C25H24F4N2O2/c26-19-4-6-20(7-5-19)31-22-13-16-2-1-3-18-14-24(33,25(27,28)29)9-8-23(18,10-11-32)21(16)12-17(22)15-30-31/h4-7,11-13,15,18,33H,1-3,8-10,14H2. The number of carbonyl (C=O) groups is 1. The highest BCUT2D eigenvalue weighted by Crippen LogP contribution is 2.56. The van der Waals surface area contributed by atoms with Gasteiger partial charge < -0.3 is 9.90 Å². The van der Waals surface area contributed by atoms with E-state index in [0.717, 1.165) is 28.3 Å². The second-order valence-corrected chi connectivity index (χ2v) is 9.45. The van der Waals surface area contributed by atoms with E-state index in [1.165, 1.54) is 12.1 Å². The monoisotopic (exact) mass is 460 g/mol. The van der Waals surface area contributed by atoms with Crippen molar-refractivity contribution in [3.05, 3.63) is 59.5 Å². The largest absolute Gasteiger partial charge is 0.417 e. The lowest BCUT2D eigenvalue weighted by Crippen LogP contribution is -2.55. The molecule has 2 aliphatic carbocycles. The highest BCUT2D eigenvalue weighted by Gasteiger charge is 2.60. The lowest BCUT2D eigenvalue weighted by molar-refractivity contribution is -0.279. The lowest BCUT2D eigenvalue weighted by atomic mass is 9.56. The third kappa shape index (κ3) is 3.46. The minimum Gasteiger partial charge on any atom is -0.380 e. The number of alkyl halides is 3. The van der Waals surface area contributed by atoms with Crippen LogP contribution in [-0.2, 0) is 16.6 Å². The molecule has 1 heterocycles. The molecular weight excluding hydrogens is 436 g/mol. The van der Waals surface area contributed by atoms with E-state index in [4.69, 9.17) is 0 Å². The Morgan fingerprint density at radius 2 is 1.94 bits per heavy atom. The van der Waals surface area contributed by atoms with Crippen molar-refractivity contribution in [3.8, 4) is 5.69 Å². The Morgan fingerprint density at radius 3 is 2.64 bits per heavy atom. The highest BCUT2D eigenvalue weighted by molar-refractivity contribution is 5.83. The molecule has 3 atom stereocenters. The molecule has 1 aromatic heterocycles. The molecule has 0 spiro atoms. The normalized spacial score (nSPS) is 27.6. The van der Waals surface area contributed by atoms with Crippen LogP contribution in [0, 0.1) is 11.7 Å². The molecule has 1 N–H and O–H groups in total. The van der Waals surface area contributed by atoms with E-state index < -0.39 is 36.0 Å². The molecule has 174 valence electrons. The number of rotatable bonds is 3. The number of carbonyl (C=O) groups excluding carboxylic acids is 1. The average Bonchev–Trinajstić information content (AvgIpc) is 3.11. The van der Waals surface area contributed by atoms with E-state index in [2.05, 4.69) is 5.10 Å². The summed E-state index contributed by atoms with van der Waals surface area (Å²) in [4.78, 5) is 11.8. The SMILES string of the molecule is O=CCC12CCC(O)(C(F)(F)F)CC1CCCc1cc3c(cnn3-c3ccc(F)cc3)cc12. The fourth-order valence-electron chi connectivity index (χ4n) is 5.97. The van der Waals surface area contributed by atoms with Gasteiger partial charge in [0.25, 0.3) is 0 Å². The number of halogens is 4. The topological polar surface area (TPSA) is 55.1 Å². The summed E-state index contributed by atoms with van der Waals surface area (Å²) in [5.74, 6) is -0.795. The first-order chi connectivity index (χ1) is 15.7. The zero-order valence-corrected chi connectivity index (χ0v) is 17.9. The van der Waals surface area contributed by atoms with Gasteiger partial charge in [-0.15, -0.1) is 0 Å². The number of aliphatic hydroxyl groups is 1. The Bertz CT molecular complexity index is 1200. The molecule has 5 rings (SSSR count). The number of fused-ring (bicyclic) bond motifs is 4. The molecule has 1 fully saturated rings. The Hall–Kier alpha value is -2.74. The number of hydrogen-bond donors (Lipinski definition) is 1. The number of aryl methyl sites for hydroxylation is 1. The van der Waals surface area contributed by atoms with Crippen molar-refractivity contribution in [2.24, 2.45) is 5.92 Å². The number of hydrogen-bond acceptors (Lipinski definition) is 3. The van der Waals surface area contributed by atoms with Crippen molar-refractivity contribution in [3.63, 3.8) is 0 Å². The molecule has 0 saturated heterocycles. The van der Waals surface area contributed by atoms with E-state index in [1.807, 2.05) is 12.1 Å². The summed E-state index contributed by atoms with van der Waals surface area (Å²) < 4.78 is 56.0. The Morgan fingerprint density at radius 1 is 1.18 bits per heavy atom. The van der Waals surface area contributed by atoms with Crippen LogP contribution in [0.15, 0.2) is 42.6 Å². The van der Waals surface area contributed by atoms with Gasteiger partial charge in [-0.1, -0.05) is 0 Å². The summed E-state index contributed by atoms with van der Waals surface area (Å²) in [6.07, 6.45) is -0.966. The molecule has 0 amide bonds. The minimum atomic E-state index is -4.70. The predicted octanol–water partition coefficient (Wildman–Crippen LogP) is 5.42. The van der Waals surface area contributed by atoms with E-state index >= 15 is 0 Å². The van der Waals surface area contributed by atoms with E-state index in [9.17, 15) is 27.5 Å². The summed E-state index contributed by atoms with van der Waals surface area (Å²) in [7, 11) is 0. The van der Waals surface area contributed by atoms with Gasteiger partial charge in [-0.25, -0.2) is 9.07 Å². The third-order valence-corrected chi connectivity index (χ3v) is 7.72. The second-order valence-electron chi connectivity index (χ2n) is 9.45. The molecule has 1 saturated carbocycles. The minimum absolute atomic E-state index is 0.0943. The molecule has 0 aliphatic heterocycles. The molecule has 2 aliphatic rings. The van der Waals surface area contributed by atoms with Crippen LogP contribution in [0.25, 0.3) is 16.6 Å². The summed E-state index contributed by atoms with van der Waals surface area (Å²) in [6.45, 7) is 0. The fraction of sp³-hybridized carbons (Fsp3) is 0.440. The fourth-order valence-corrected chi connectivity index (χ4v) is 5.97. The molecule has 0 radical (unpaired) electrons. The first-order valence-electron chi connectivity index (χ1n) is 11.2. The van der Waals surface area contributed by atoms with Gasteiger partial charge in [-0.2, -0.15) is 18.3 Å². The van der Waals surface area contributed by atoms with Crippen molar-refractivity contribution < 1.29 is 27.5 Å². The first-order valence-corrected chi connectivity index (χ1v) is 11.2. The maximum absolute atomic E-state index is 13.6. The van der Waals surface area contributed by atoms with Crippen molar-refractivity contribution in [2.45, 2.75) is 62.1 Å². The van der Waals surface area contributed by atoms with Crippen LogP contribution in [0.1, 0.15) is 49.7 Å². The molecule has 2 aromatic carbocycles. The van der Waals surface area contributed by atoms with E-state index in [-0.39, 0.29) is 18.7 Å². The van der Waals surface area contributed by atoms with Crippen LogP contribution in [0.5, 0.6) is 0 Å². The van der Waals surface area contributed by atoms with Gasteiger partial charge >= 0.3 is 6.18 Å². The number of aldehydes is 1. The van der Waals surface area contributed by atoms with Crippen LogP contribution >= 0.6 is 0 Å². The van der Waals surface area contributed by atoms with Gasteiger partial charge in [0, 0.05) is 17.2 Å². The van der Waals surface area contributed by atoms with Gasteiger partial charge in [0.1, 0.15) is 12.1 Å². The molecule has 3 unspecified atom stereocenters. The van der Waals surface area contributed by atoms with Gasteiger partial charge in [-0.05, 0) is 92.0 Å². The van der Waals surface area contributed by atoms with E-state index in [0.29, 0.717) is 24.9 Å². The first kappa shape index (κ1) is 22.1. The van der Waals surface area contributed by atoms with Crippen LogP contribution in [0.2, 0.25) is 0 Å². The lowest BCUT2D eigenvalue weighted by Gasteiger charge is -2.50. The molecule has 33 heavy (non-hydrogen) atoms. The molecule has 3 aromatic rings. The number of benzene rings is 2. The summed E-state index contributed by atoms with van der Waals surface area (Å²) in [5, 5.41) is 15.7. The Labute approximate surface area is 188 Å². The highest BCUT2D eigenvalue weighted by atomic mass is 19.4. The van der Waals surface area contributed by atoms with Gasteiger partial charge in [0.05, 0.1) is 17.4 Å². The van der Waals surface area contributed by atoms with E-state index in [1.54, 1.807) is 23.0 Å². The maximum Gasteiger partial charge on any atom is 0.417 e. The van der Waals surface area contributed by atoms with Crippen molar-refractivity contribution in [1.82, 2.24) is 9.78 Å². The third-order valence-electron chi connectivity index (χ3n) is 7.72. The zero-order valence-electron chi connectivity index (χ0n) is 17.9. The van der Waals surface area contributed by atoms with Crippen LogP contribution < -0.4 is 0 Å². The molecule has 8 heteroatoms. The van der Waals surface area contributed by atoms with Crippen LogP contribution in [-0.4, -0.2) is 33.0 Å². The van der Waals surface area contributed by atoms with Gasteiger partial charge in [-0.3, -0.25) is 0 Å². The predicted molar refractivity (Wildman–Crippen MR) is 115 cm³/mol. The van der Waals surface area contributed by atoms with Crippen molar-refractivity contribution in [1.29, 1.82) is 0 Å². The number of nitrogens with zero attached hydrogens (tertiary/aromatic N) is 2. The quantitative estimate of drug-likeness (QED) is 0.419. The second kappa shape index (κ2) is 7.65. The van der Waals surface area contributed by atoms with Crippen molar-refractivity contribution >= 4 is 17.2 Å². The van der Waals surface area contributed by atoms with Crippen LogP contribution in [0.3, 0.4) is 0 Å². The van der Waals surface area contributed by atoms with Crippen molar-refractivity contribution in [2.75, 3.05) is 0 Å². The smallest absolute Gasteiger partial charge is 0.380 e. The summed E-state index contributed by atoms with van der Waals surface area (Å²) in [6, 6.07) is 9.95. The molecule has 4 nitrogen and oxygen atoms in total. The van der Waals surface area contributed by atoms with Crippen LogP contribution in [0.4, 0.5) is 17.6 Å². The molecular formula is C25H24F4N2O2. The summed E-state index contributed by atoms with van der Waals surface area (Å²) >= 11 is 0. The average molecular weight is 460 g/mol. The number of aromatic nitrogens is 2. The molecule has 0 bridgehead atoms. The maximum atomic E-state index is 13.6. The van der Waals surface area contributed by atoms with Gasteiger partial charge in [0.15, 0.2) is 5.60 Å². The summed E-state index contributed by atoms with van der Waals surface area (Å²) in [5.41, 5.74) is -0.0414. The Kier molecular flexibility index (Phi) is 5.12.